The van der Waals surface area contributed by atoms with E-state index < -0.39 is 0 Å². The van der Waals surface area contributed by atoms with Gasteiger partial charge in [-0.15, -0.1) is 0 Å². The topological polar surface area (TPSA) is 93.0 Å². The van der Waals surface area contributed by atoms with Gasteiger partial charge in [-0.3, -0.25) is 24.2 Å². The maximum absolute atomic E-state index is 13.7. The van der Waals surface area contributed by atoms with E-state index in [4.69, 9.17) is 4.98 Å². The van der Waals surface area contributed by atoms with Crippen LogP contribution >= 0.6 is 0 Å². The van der Waals surface area contributed by atoms with Crippen molar-refractivity contribution in [2.45, 2.75) is 6.92 Å². The molecule has 8 heteroatoms. The second kappa shape index (κ2) is 6.77. The van der Waals surface area contributed by atoms with Gasteiger partial charge in [0, 0.05) is 18.8 Å². The molecule has 0 spiro atoms. The van der Waals surface area contributed by atoms with Crippen LogP contribution in [0.4, 0.5) is 11.4 Å². The molecule has 1 N–H and O–H groups in total. The number of anilines is 2. The highest BCUT2D eigenvalue weighted by Gasteiger charge is 2.30. The molecular weight excluding hydrogens is 380 g/mol. The molecule has 0 unspecified atom stereocenters. The smallest absolute Gasteiger partial charge is 0.259 e. The van der Waals surface area contributed by atoms with Crippen LogP contribution in [0.25, 0.3) is 22.3 Å². The van der Waals surface area contributed by atoms with Crippen LogP contribution in [0.3, 0.4) is 0 Å². The minimum atomic E-state index is -0.280. The number of aromatic nitrogens is 4. The van der Waals surface area contributed by atoms with Crippen LogP contribution in [0.1, 0.15) is 16.1 Å². The number of benzene rings is 1. The molecular formula is C22H18N6O2. The first-order valence-electron chi connectivity index (χ1n) is 9.48. The summed E-state index contributed by atoms with van der Waals surface area (Å²) in [5, 5.41) is 7.91. The van der Waals surface area contributed by atoms with Crippen LogP contribution in [-0.4, -0.2) is 38.1 Å². The second-order valence-electron chi connectivity index (χ2n) is 7.16. The Morgan fingerprint density at radius 2 is 1.97 bits per heavy atom. The molecule has 0 atom stereocenters. The summed E-state index contributed by atoms with van der Waals surface area (Å²) in [6.07, 6.45) is 3.14. The highest BCUT2D eigenvalue weighted by atomic mass is 16.2. The van der Waals surface area contributed by atoms with Crippen molar-refractivity contribution >= 4 is 34.2 Å². The molecule has 148 valence electrons. The average molecular weight is 398 g/mol. The Hall–Kier alpha value is -4.07. The number of nitrogens with one attached hydrogen (secondary N) is 1. The van der Waals surface area contributed by atoms with Gasteiger partial charge in [-0.2, -0.15) is 5.10 Å². The zero-order valence-corrected chi connectivity index (χ0v) is 16.5. The zero-order valence-electron chi connectivity index (χ0n) is 16.5. The summed E-state index contributed by atoms with van der Waals surface area (Å²) < 4.78 is 1.68. The predicted octanol–water partition coefficient (Wildman–Crippen LogP) is 2.94. The van der Waals surface area contributed by atoms with E-state index in [1.165, 1.54) is 4.90 Å². The van der Waals surface area contributed by atoms with Crippen LogP contribution < -0.4 is 10.2 Å². The van der Waals surface area contributed by atoms with Crippen molar-refractivity contribution in [3.8, 4) is 11.3 Å². The van der Waals surface area contributed by atoms with Crippen molar-refractivity contribution in [3.05, 3.63) is 66.1 Å². The van der Waals surface area contributed by atoms with Crippen LogP contribution in [-0.2, 0) is 11.8 Å². The van der Waals surface area contributed by atoms with Crippen molar-refractivity contribution in [3.63, 3.8) is 0 Å². The van der Waals surface area contributed by atoms with E-state index >= 15 is 0 Å². The lowest BCUT2D eigenvalue weighted by molar-refractivity contribution is -0.115. The molecule has 4 aromatic rings. The first-order valence-corrected chi connectivity index (χ1v) is 9.48. The summed E-state index contributed by atoms with van der Waals surface area (Å²) in [6, 6.07) is 13.2. The maximum atomic E-state index is 13.7. The molecule has 4 heterocycles. The number of hydrogen-bond acceptors (Lipinski definition) is 5. The summed E-state index contributed by atoms with van der Waals surface area (Å²) in [4.78, 5) is 36.2. The van der Waals surface area contributed by atoms with Crippen LogP contribution in [0.15, 0.2) is 54.9 Å². The van der Waals surface area contributed by atoms with Gasteiger partial charge in [0.2, 0.25) is 5.91 Å². The average Bonchev–Trinajstić information content (AvgIpc) is 3.06. The number of fused-ring (bicyclic) bond motifs is 2. The molecule has 8 nitrogen and oxygen atoms in total. The number of rotatable bonds is 2. The van der Waals surface area contributed by atoms with Crippen molar-refractivity contribution in [2.24, 2.45) is 7.05 Å². The minimum Gasteiger partial charge on any atom is -0.321 e. The minimum absolute atomic E-state index is 0.0698. The standard InChI is InChI=1S/C22H18N6O2/c1-13-20-15(22(30)28-12-19(29)24-17-11-23-9-8-18(17)28)10-16(14-6-4-3-5-7-14)25-21(20)27(2)26-13/h3-11H,12H2,1-2H3,(H,24,29). The van der Waals surface area contributed by atoms with Crippen molar-refractivity contribution < 1.29 is 9.59 Å². The summed E-state index contributed by atoms with van der Waals surface area (Å²) >= 11 is 0. The molecule has 2 amide bonds. The number of amides is 2. The highest BCUT2D eigenvalue weighted by molar-refractivity contribution is 6.19. The van der Waals surface area contributed by atoms with Gasteiger partial charge >= 0.3 is 0 Å². The monoisotopic (exact) mass is 398 g/mol. The van der Waals surface area contributed by atoms with E-state index in [1.807, 2.05) is 37.3 Å². The van der Waals surface area contributed by atoms with Gasteiger partial charge in [-0.1, -0.05) is 30.3 Å². The number of aryl methyl sites for hydroxylation is 2. The number of carbonyl (C=O) groups excluding carboxylic acids is 2. The van der Waals surface area contributed by atoms with Gasteiger partial charge in [0.05, 0.1) is 39.9 Å². The molecule has 0 saturated heterocycles. The van der Waals surface area contributed by atoms with Gasteiger partial charge in [0.1, 0.15) is 6.54 Å². The van der Waals surface area contributed by atoms with Gasteiger partial charge < -0.3 is 5.32 Å². The number of hydrogen-bond donors (Lipinski definition) is 1. The maximum Gasteiger partial charge on any atom is 0.259 e. The molecule has 0 bridgehead atoms. The molecule has 0 saturated carbocycles. The van der Waals surface area contributed by atoms with Crippen molar-refractivity contribution in [1.29, 1.82) is 0 Å². The van der Waals surface area contributed by atoms with Crippen molar-refractivity contribution in [2.75, 3.05) is 16.8 Å². The summed E-state index contributed by atoms with van der Waals surface area (Å²) in [7, 11) is 1.81. The fourth-order valence-corrected chi connectivity index (χ4v) is 3.83. The third-order valence-corrected chi connectivity index (χ3v) is 5.18. The molecule has 0 radical (unpaired) electrons. The molecule has 1 aliphatic rings. The quantitative estimate of drug-likeness (QED) is 0.560. The first kappa shape index (κ1) is 18.0. The summed E-state index contributed by atoms with van der Waals surface area (Å²) in [5.41, 5.74) is 4.48. The van der Waals surface area contributed by atoms with Crippen LogP contribution in [0, 0.1) is 6.92 Å². The van der Waals surface area contributed by atoms with Gasteiger partial charge in [0.15, 0.2) is 5.65 Å². The van der Waals surface area contributed by atoms with E-state index in [2.05, 4.69) is 15.4 Å². The Labute approximate surface area is 172 Å². The van der Waals surface area contributed by atoms with Gasteiger partial charge in [0.25, 0.3) is 5.91 Å². The van der Waals surface area contributed by atoms with Gasteiger partial charge in [-0.25, -0.2) is 4.98 Å². The first-order chi connectivity index (χ1) is 14.5. The van der Waals surface area contributed by atoms with E-state index in [-0.39, 0.29) is 18.4 Å². The zero-order chi connectivity index (χ0) is 20.8. The summed E-state index contributed by atoms with van der Waals surface area (Å²) in [5.74, 6) is -0.543. The van der Waals surface area contributed by atoms with Crippen molar-refractivity contribution in [1.82, 2.24) is 19.7 Å². The molecule has 3 aromatic heterocycles. The lowest BCUT2D eigenvalue weighted by atomic mass is 10.0. The van der Waals surface area contributed by atoms with Crippen LogP contribution in [0.2, 0.25) is 0 Å². The number of nitrogens with zero attached hydrogens (tertiary/aromatic N) is 5. The Kier molecular flexibility index (Phi) is 4.06. The lowest BCUT2D eigenvalue weighted by Crippen LogP contribution is -2.42. The second-order valence-corrected chi connectivity index (χ2v) is 7.16. The SMILES string of the molecule is Cc1nn(C)c2nc(-c3ccccc3)cc(C(=O)N3CC(=O)Nc4cnccc43)c12. The Morgan fingerprint density at radius 1 is 1.17 bits per heavy atom. The lowest BCUT2D eigenvalue weighted by Gasteiger charge is -2.29. The van der Waals surface area contributed by atoms with E-state index in [9.17, 15) is 9.59 Å². The summed E-state index contributed by atoms with van der Waals surface area (Å²) in [6.45, 7) is 1.78. The normalized spacial score (nSPS) is 13.3. The third kappa shape index (κ3) is 2.81. The molecule has 1 aromatic carbocycles. The van der Waals surface area contributed by atoms with Crippen LogP contribution in [0.5, 0.6) is 0 Å². The van der Waals surface area contributed by atoms with E-state index in [0.717, 1.165) is 5.56 Å². The molecule has 30 heavy (non-hydrogen) atoms. The fourth-order valence-electron chi connectivity index (χ4n) is 3.83. The Morgan fingerprint density at radius 3 is 2.77 bits per heavy atom. The highest BCUT2D eigenvalue weighted by Crippen LogP contribution is 2.32. The fraction of sp³-hybridized carbons (Fsp3) is 0.136. The Balaban J connectivity index is 1.72. The van der Waals surface area contributed by atoms with Gasteiger partial charge in [-0.05, 0) is 19.1 Å². The third-order valence-electron chi connectivity index (χ3n) is 5.18. The number of pyridine rings is 2. The molecule has 5 rings (SSSR count). The predicted molar refractivity (Wildman–Crippen MR) is 113 cm³/mol. The van der Waals surface area contributed by atoms with E-state index in [0.29, 0.717) is 39.4 Å². The van der Waals surface area contributed by atoms with E-state index in [1.54, 1.807) is 36.3 Å². The molecule has 1 aliphatic heterocycles. The Bertz CT molecular complexity index is 1310. The molecule has 0 fully saturated rings. The largest absolute Gasteiger partial charge is 0.321 e. The molecule has 0 aliphatic carbocycles. The number of carbonyl (C=O) groups is 2.